The van der Waals surface area contributed by atoms with Crippen LogP contribution in [-0.4, -0.2) is 55.8 Å². The van der Waals surface area contributed by atoms with Crippen molar-refractivity contribution in [2.24, 2.45) is 17.8 Å². The summed E-state index contributed by atoms with van der Waals surface area (Å²) in [5, 5.41) is 0. The minimum Gasteiger partial charge on any atom is -0.457 e. The fourth-order valence-corrected chi connectivity index (χ4v) is 5.01. The first-order valence-electron chi connectivity index (χ1n) is 9.56. The molecule has 1 aromatic heterocycles. The maximum atomic E-state index is 13.0. The van der Waals surface area contributed by atoms with Gasteiger partial charge in [-0.25, -0.2) is 12.7 Å². The second-order valence-corrected chi connectivity index (χ2v) is 10.0. The van der Waals surface area contributed by atoms with Crippen LogP contribution < -0.4 is 0 Å². The smallest absolute Gasteiger partial charge is 0.211 e. The monoisotopic (exact) mass is 382 g/mol. The van der Waals surface area contributed by atoms with E-state index in [9.17, 15) is 13.2 Å². The van der Waals surface area contributed by atoms with Gasteiger partial charge in [0.1, 0.15) is 5.76 Å². The average molecular weight is 383 g/mol. The van der Waals surface area contributed by atoms with E-state index in [2.05, 4.69) is 4.90 Å². The molecule has 6 nitrogen and oxygen atoms in total. The number of carbonyl (C=O) groups excluding carboxylic acids is 1. The van der Waals surface area contributed by atoms with Gasteiger partial charge in [0.25, 0.3) is 0 Å². The van der Waals surface area contributed by atoms with Gasteiger partial charge < -0.3 is 4.42 Å². The molecule has 146 valence electrons. The summed E-state index contributed by atoms with van der Waals surface area (Å²) in [4.78, 5) is 15.4. The van der Waals surface area contributed by atoms with E-state index in [1.54, 1.807) is 6.07 Å². The van der Waals surface area contributed by atoms with Crippen LogP contribution in [0.5, 0.6) is 0 Å². The van der Waals surface area contributed by atoms with Gasteiger partial charge in [0.2, 0.25) is 15.8 Å². The van der Waals surface area contributed by atoms with Crippen molar-refractivity contribution in [1.82, 2.24) is 9.21 Å². The molecule has 1 unspecified atom stereocenters. The summed E-state index contributed by atoms with van der Waals surface area (Å²) in [6.45, 7) is 7.63. The van der Waals surface area contributed by atoms with Crippen LogP contribution in [0.4, 0.5) is 0 Å². The fraction of sp³-hybridized carbons (Fsp3) is 0.737. The highest BCUT2D eigenvalue weighted by Gasteiger charge is 2.43. The molecule has 0 spiro atoms. The number of carbonyl (C=O) groups is 1. The zero-order chi connectivity index (χ0) is 18.9. The highest BCUT2D eigenvalue weighted by atomic mass is 32.2. The normalized spacial score (nSPS) is 25.8. The van der Waals surface area contributed by atoms with E-state index in [4.69, 9.17) is 4.42 Å². The zero-order valence-electron chi connectivity index (χ0n) is 16.0. The molecule has 3 rings (SSSR count). The first-order chi connectivity index (χ1) is 12.3. The van der Waals surface area contributed by atoms with E-state index in [-0.39, 0.29) is 30.1 Å². The van der Waals surface area contributed by atoms with Crippen LogP contribution in [0, 0.1) is 17.8 Å². The van der Waals surface area contributed by atoms with Crippen molar-refractivity contribution in [3.05, 3.63) is 23.7 Å². The molecule has 2 aliphatic heterocycles. The van der Waals surface area contributed by atoms with E-state index in [1.165, 1.54) is 29.8 Å². The second-order valence-electron chi connectivity index (χ2n) is 8.06. The molecule has 7 heteroatoms. The van der Waals surface area contributed by atoms with E-state index in [1.807, 2.05) is 19.9 Å². The zero-order valence-corrected chi connectivity index (χ0v) is 16.8. The summed E-state index contributed by atoms with van der Waals surface area (Å²) in [6.07, 6.45) is 4.92. The SMILES string of the molecule is CC(C)[C@H]1CN(S(C)(=O)=O)CC1C(=O)c1ccc(CN2CCCCC2)o1. The average Bonchev–Trinajstić information content (AvgIpc) is 3.21. The third kappa shape index (κ3) is 4.38. The number of hydrogen-bond donors (Lipinski definition) is 0. The minimum atomic E-state index is -3.29. The Balaban J connectivity index is 1.71. The molecule has 0 saturated carbocycles. The fourth-order valence-electron chi connectivity index (χ4n) is 4.13. The maximum Gasteiger partial charge on any atom is 0.211 e. The van der Waals surface area contributed by atoms with Crippen LogP contribution in [0.2, 0.25) is 0 Å². The number of sulfonamides is 1. The lowest BCUT2D eigenvalue weighted by Crippen LogP contribution is -2.29. The van der Waals surface area contributed by atoms with Crippen molar-refractivity contribution in [1.29, 1.82) is 0 Å². The van der Waals surface area contributed by atoms with E-state index < -0.39 is 10.0 Å². The molecule has 0 radical (unpaired) electrons. The lowest BCUT2D eigenvalue weighted by Gasteiger charge is -2.25. The number of nitrogens with zero attached hydrogens (tertiary/aromatic N) is 2. The summed E-state index contributed by atoms with van der Waals surface area (Å²) in [5.74, 6) is 1.03. The van der Waals surface area contributed by atoms with Gasteiger partial charge in [0, 0.05) is 19.0 Å². The van der Waals surface area contributed by atoms with Gasteiger partial charge in [-0.05, 0) is 49.9 Å². The van der Waals surface area contributed by atoms with Gasteiger partial charge in [0.05, 0.1) is 12.8 Å². The summed E-state index contributed by atoms with van der Waals surface area (Å²) < 4.78 is 31.1. The number of ketones is 1. The molecule has 0 aliphatic carbocycles. The summed E-state index contributed by atoms with van der Waals surface area (Å²) in [5.41, 5.74) is 0. The van der Waals surface area contributed by atoms with Crippen LogP contribution in [-0.2, 0) is 16.6 Å². The second kappa shape index (κ2) is 7.82. The van der Waals surface area contributed by atoms with Crippen LogP contribution in [0.25, 0.3) is 0 Å². The molecule has 2 atom stereocenters. The summed E-state index contributed by atoms with van der Waals surface area (Å²) in [7, 11) is -3.29. The lowest BCUT2D eigenvalue weighted by atomic mass is 9.83. The molecule has 0 bridgehead atoms. The van der Waals surface area contributed by atoms with Crippen molar-refractivity contribution in [2.75, 3.05) is 32.4 Å². The van der Waals surface area contributed by atoms with Crippen molar-refractivity contribution in [3.63, 3.8) is 0 Å². The number of furan rings is 1. The van der Waals surface area contributed by atoms with E-state index >= 15 is 0 Å². The minimum absolute atomic E-state index is 0.0212. The van der Waals surface area contributed by atoms with Gasteiger partial charge in [-0.15, -0.1) is 0 Å². The quantitative estimate of drug-likeness (QED) is 0.707. The highest BCUT2D eigenvalue weighted by Crippen LogP contribution is 2.33. The van der Waals surface area contributed by atoms with Crippen molar-refractivity contribution in [2.45, 2.75) is 39.7 Å². The molecule has 1 aromatic rings. The van der Waals surface area contributed by atoms with Gasteiger partial charge in [0.15, 0.2) is 5.76 Å². The first-order valence-corrected chi connectivity index (χ1v) is 11.4. The number of hydrogen-bond acceptors (Lipinski definition) is 5. The van der Waals surface area contributed by atoms with Gasteiger partial charge >= 0.3 is 0 Å². The predicted molar refractivity (Wildman–Crippen MR) is 100 cm³/mol. The van der Waals surface area contributed by atoms with Gasteiger partial charge in [-0.2, -0.15) is 0 Å². The Kier molecular flexibility index (Phi) is 5.89. The number of piperidine rings is 1. The number of rotatable bonds is 6. The Hall–Kier alpha value is -1.18. The molecule has 2 fully saturated rings. The lowest BCUT2D eigenvalue weighted by molar-refractivity contribution is 0.0849. The van der Waals surface area contributed by atoms with Crippen LogP contribution >= 0.6 is 0 Å². The third-order valence-electron chi connectivity index (χ3n) is 5.73. The van der Waals surface area contributed by atoms with Gasteiger partial charge in [-0.3, -0.25) is 9.69 Å². The van der Waals surface area contributed by atoms with Gasteiger partial charge in [-0.1, -0.05) is 20.3 Å². The number of Topliss-reactive ketones (excluding diaryl/α,β-unsaturated/α-hetero) is 1. The van der Waals surface area contributed by atoms with Crippen molar-refractivity contribution >= 4 is 15.8 Å². The van der Waals surface area contributed by atoms with Crippen LogP contribution in [0.15, 0.2) is 16.5 Å². The van der Waals surface area contributed by atoms with E-state index in [0.29, 0.717) is 12.3 Å². The molecule has 0 N–H and O–H groups in total. The Bertz CT molecular complexity index is 734. The Morgan fingerprint density at radius 2 is 1.88 bits per heavy atom. The molecular formula is C19H30N2O4S. The molecule has 0 amide bonds. The third-order valence-corrected chi connectivity index (χ3v) is 6.96. The van der Waals surface area contributed by atoms with Crippen molar-refractivity contribution < 1.29 is 17.6 Å². The molecule has 3 heterocycles. The molecule has 2 aliphatic rings. The molecule has 2 saturated heterocycles. The van der Waals surface area contributed by atoms with Crippen LogP contribution in [0.1, 0.15) is 49.4 Å². The maximum absolute atomic E-state index is 13.0. The topological polar surface area (TPSA) is 70.8 Å². The number of likely N-dealkylation sites (tertiary alicyclic amines) is 1. The first kappa shape index (κ1) is 19.6. The molecule has 0 aromatic carbocycles. The molecular weight excluding hydrogens is 352 g/mol. The largest absolute Gasteiger partial charge is 0.457 e. The standard InChI is InChI=1S/C19H30N2O4S/c1-14(2)16-12-21(26(3,23)24)13-17(16)19(22)18-8-7-15(25-18)11-20-9-5-4-6-10-20/h7-8,14,16-17H,4-6,9-13H2,1-3H3/t16-,17?/m1/s1. The summed E-state index contributed by atoms with van der Waals surface area (Å²) in [6, 6.07) is 3.64. The summed E-state index contributed by atoms with van der Waals surface area (Å²) >= 11 is 0. The Morgan fingerprint density at radius 3 is 2.50 bits per heavy atom. The van der Waals surface area contributed by atoms with Crippen LogP contribution in [0.3, 0.4) is 0 Å². The van der Waals surface area contributed by atoms with E-state index in [0.717, 1.165) is 25.4 Å². The predicted octanol–water partition coefficient (Wildman–Crippen LogP) is 2.61. The Morgan fingerprint density at radius 1 is 1.19 bits per heavy atom. The van der Waals surface area contributed by atoms with Crippen molar-refractivity contribution in [3.8, 4) is 0 Å². The Labute approximate surface area is 156 Å². The molecule has 26 heavy (non-hydrogen) atoms. The highest BCUT2D eigenvalue weighted by molar-refractivity contribution is 7.88.